The fraction of sp³-hybridized carbons (Fsp3) is 0.273. The minimum absolute atomic E-state index is 0.0492. The zero-order valence-electron chi connectivity index (χ0n) is 15.7. The molecular weight excluding hydrogens is 358 g/mol. The summed E-state index contributed by atoms with van der Waals surface area (Å²) in [6, 6.07) is 19.9. The normalized spacial score (nSPS) is 13.1. The molecule has 0 saturated heterocycles. The Hall–Kier alpha value is -2.34. The number of aliphatic hydroxyl groups excluding tert-OH is 1. The minimum atomic E-state index is -0.499. The molecule has 2 atom stereocenters. The van der Waals surface area contributed by atoms with Gasteiger partial charge in [0.2, 0.25) is 0 Å². The van der Waals surface area contributed by atoms with Crippen LogP contribution in [-0.2, 0) is 13.2 Å². The van der Waals surface area contributed by atoms with Crippen LogP contribution in [-0.4, -0.2) is 18.3 Å². The Bertz CT molecular complexity index is 821. The average molecular weight is 385 g/mol. The third kappa shape index (κ3) is 5.32. The zero-order chi connectivity index (χ0) is 19.1. The van der Waals surface area contributed by atoms with Crippen LogP contribution in [0.25, 0.3) is 0 Å². The van der Waals surface area contributed by atoms with Crippen molar-refractivity contribution in [1.82, 2.24) is 0 Å². The number of hydrogen-bond donors (Lipinski definition) is 2. The van der Waals surface area contributed by atoms with Gasteiger partial charge in [-0.2, -0.15) is 0 Å². The first-order valence-electron chi connectivity index (χ1n) is 9.06. The molecule has 3 N–H and O–H groups in total. The van der Waals surface area contributed by atoms with E-state index < -0.39 is 6.10 Å². The maximum Gasteiger partial charge on any atom is 0.161 e. The smallest absolute Gasteiger partial charge is 0.161 e. The Morgan fingerprint density at radius 1 is 1.04 bits per heavy atom. The average Bonchev–Trinajstić information content (AvgIpc) is 3.24. The van der Waals surface area contributed by atoms with E-state index in [0.29, 0.717) is 6.61 Å². The lowest BCUT2D eigenvalue weighted by molar-refractivity contribution is -0.709. The lowest BCUT2D eigenvalue weighted by atomic mass is 10.0. The van der Waals surface area contributed by atoms with E-state index in [2.05, 4.69) is 11.4 Å². The summed E-state index contributed by atoms with van der Waals surface area (Å²) in [5.41, 5.74) is 2.07. The van der Waals surface area contributed by atoms with Crippen LogP contribution in [0.15, 0.2) is 66.0 Å². The van der Waals surface area contributed by atoms with Gasteiger partial charge in [-0.3, -0.25) is 0 Å². The van der Waals surface area contributed by atoms with Gasteiger partial charge in [-0.1, -0.05) is 36.4 Å². The fourth-order valence-corrected chi connectivity index (χ4v) is 3.52. The molecule has 3 aromatic rings. The van der Waals surface area contributed by atoms with Crippen LogP contribution in [0.5, 0.6) is 11.5 Å². The van der Waals surface area contributed by atoms with E-state index >= 15 is 0 Å². The summed E-state index contributed by atoms with van der Waals surface area (Å²) in [4.78, 5) is 1.18. The van der Waals surface area contributed by atoms with Crippen molar-refractivity contribution >= 4 is 11.3 Å². The molecule has 1 heterocycles. The first-order valence-corrected chi connectivity index (χ1v) is 9.93. The minimum Gasteiger partial charge on any atom is -0.493 e. The van der Waals surface area contributed by atoms with Gasteiger partial charge in [0.05, 0.1) is 7.11 Å². The van der Waals surface area contributed by atoms with Crippen LogP contribution in [0.2, 0.25) is 0 Å². The predicted octanol–water partition coefficient (Wildman–Crippen LogP) is 3.52. The van der Waals surface area contributed by atoms with E-state index in [1.54, 1.807) is 18.4 Å². The quantitative estimate of drug-likeness (QED) is 0.593. The first-order chi connectivity index (χ1) is 13.2. The van der Waals surface area contributed by atoms with Crippen molar-refractivity contribution in [2.24, 2.45) is 0 Å². The lowest BCUT2D eigenvalue weighted by Gasteiger charge is -2.18. The van der Waals surface area contributed by atoms with Crippen LogP contribution < -0.4 is 14.8 Å². The second kappa shape index (κ2) is 9.55. The number of methoxy groups -OCH3 is 1. The van der Waals surface area contributed by atoms with Crippen LogP contribution in [0, 0.1) is 0 Å². The highest BCUT2D eigenvalue weighted by atomic mass is 32.1. The van der Waals surface area contributed by atoms with Crippen LogP contribution >= 0.6 is 11.3 Å². The Morgan fingerprint density at radius 3 is 2.56 bits per heavy atom. The molecule has 0 unspecified atom stereocenters. The molecule has 0 aliphatic heterocycles. The van der Waals surface area contributed by atoms with E-state index in [-0.39, 0.29) is 6.04 Å². The number of aliphatic hydroxyl groups is 1. The summed E-state index contributed by atoms with van der Waals surface area (Å²) in [6.45, 7) is 3.33. The van der Waals surface area contributed by atoms with Crippen molar-refractivity contribution in [3.63, 3.8) is 0 Å². The van der Waals surface area contributed by atoms with E-state index in [9.17, 15) is 5.11 Å². The van der Waals surface area contributed by atoms with Crippen LogP contribution in [0.1, 0.15) is 29.0 Å². The highest BCUT2D eigenvalue weighted by Gasteiger charge is 2.19. The SMILES string of the molecule is COc1cc(C[NH2+][C@@H](C)[C@@H](O)c2ccccc2)ccc1OCc1cccs1. The van der Waals surface area contributed by atoms with E-state index in [1.807, 2.05) is 66.9 Å². The van der Waals surface area contributed by atoms with Crippen molar-refractivity contribution in [3.8, 4) is 11.5 Å². The standard InChI is InChI=1S/C22H25NO3S/c1-16(22(24)18-7-4-3-5-8-18)23-14-17-10-11-20(21(13-17)25-2)26-15-19-9-6-12-27-19/h3-13,16,22-24H,14-15H2,1-2H3/p+1/t16-,22+/m0/s1. The predicted molar refractivity (Wildman–Crippen MR) is 108 cm³/mol. The van der Waals surface area contributed by atoms with Crippen LogP contribution in [0.3, 0.4) is 0 Å². The van der Waals surface area contributed by atoms with Gasteiger partial charge in [-0.25, -0.2) is 0 Å². The van der Waals surface area contributed by atoms with E-state index in [4.69, 9.17) is 9.47 Å². The maximum absolute atomic E-state index is 10.5. The van der Waals surface area contributed by atoms with Gasteiger partial charge in [0.25, 0.3) is 0 Å². The van der Waals surface area contributed by atoms with Gasteiger partial charge in [-0.05, 0) is 42.1 Å². The van der Waals surface area contributed by atoms with Crippen molar-refractivity contribution in [2.75, 3.05) is 7.11 Å². The molecule has 0 aliphatic carbocycles. The van der Waals surface area contributed by atoms with Crippen molar-refractivity contribution in [1.29, 1.82) is 0 Å². The molecule has 142 valence electrons. The Labute approximate surface area is 164 Å². The number of thiophene rings is 1. The first kappa shape index (κ1) is 19.4. The molecule has 1 aromatic heterocycles. The Morgan fingerprint density at radius 2 is 1.85 bits per heavy atom. The lowest BCUT2D eigenvalue weighted by Crippen LogP contribution is -2.88. The molecule has 0 amide bonds. The van der Waals surface area contributed by atoms with Crippen molar-refractivity contribution in [2.45, 2.75) is 32.2 Å². The van der Waals surface area contributed by atoms with Crippen molar-refractivity contribution < 1.29 is 19.9 Å². The molecule has 27 heavy (non-hydrogen) atoms. The summed E-state index contributed by atoms with van der Waals surface area (Å²) in [5, 5.41) is 14.7. The highest BCUT2D eigenvalue weighted by molar-refractivity contribution is 7.09. The fourth-order valence-electron chi connectivity index (χ4n) is 2.91. The molecule has 0 spiro atoms. The zero-order valence-corrected chi connectivity index (χ0v) is 16.5. The van der Waals surface area contributed by atoms with Gasteiger partial charge in [0, 0.05) is 10.4 Å². The van der Waals surface area contributed by atoms with Gasteiger partial charge >= 0.3 is 0 Å². The molecule has 3 rings (SSSR count). The topological polar surface area (TPSA) is 55.3 Å². The number of ether oxygens (including phenoxy) is 2. The third-order valence-corrected chi connectivity index (χ3v) is 5.39. The third-order valence-electron chi connectivity index (χ3n) is 4.54. The van der Waals surface area contributed by atoms with Gasteiger partial charge in [0.1, 0.15) is 25.3 Å². The second-order valence-electron chi connectivity index (χ2n) is 6.51. The summed E-state index contributed by atoms with van der Waals surface area (Å²) in [7, 11) is 1.66. The van der Waals surface area contributed by atoms with Crippen molar-refractivity contribution in [3.05, 3.63) is 82.0 Å². The number of benzene rings is 2. The van der Waals surface area contributed by atoms with E-state index in [0.717, 1.165) is 29.2 Å². The molecule has 4 nitrogen and oxygen atoms in total. The molecule has 0 radical (unpaired) electrons. The van der Waals surface area contributed by atoms with Crippen LogP contribution in [0.4, 0.5) is 0 Å². The second-order valence-corrected chi connectivity index (χ2v) is 7.54. The molecule has 0 fully saturated rings. The maximum atomic E-state index is 10.5. The molecule has 0 aliphatic rings. The van der Waals surface area contributed by atoms with Gasteiger partial charge < -0.3 is 19.9 Å². The number of hydrogen-bond acceptors (Lipinski definition) is 4. The highest BCUT2D eigenvalue weighted by Crippen LogP contribution is 2.29. The Balaban J connectivity index is 1.58. The summed E-state index contributed by atoms with van der Waals surface area (Å²) in [6.07, 6.45) is -0.499. The summed E-state index contributed by atoms with van der Waals surface area (Å²) in [5.74, 6) is 1.47. The molecule has 0 saturated carbocycles. The number of quaternary nitrogens is 1. The van der Waals surface area contributed by atoms with Gasteiger partial charge in [0.15, 0.2) is 11.5 Å². The largest absolute Gasteiger partial charge is 0.493 e. The monoisotopic (exact) mass is 384 g/mol. The number of nitrogens with two attached hydrogens (primary N) is 1. The molecular formula is C22H26NO3S+. The molecule has 5 heteroatoms. The van der Waals surface area contributed by atoms with E-state index in [1.165, 1.54) is 4.88 Å². The van der Waals surface area contributed by atoms with Gasteiger partial charge in [-0.15, -0.1) is 11.3 Å². The molecule has 2 aromatic carbocycles. The summed E-state index contributed by atoms with van der Waals surface area (Å²) < 4.78 is 11.4. The molecule has 0 bridgehead atoms. The Kier molecular flexibility index (Phi) is 6.87. The summed E-state index contributed by atoms with van der Waals surface area (Å²) >= 11 is 1.68. The number of rotatable bonds is 9.